The molecule has 0 radical (unpaired) electrons. The molecule has 2 aromatic carbocycles. The molecule has 0 unspecified atom stereocenters. The van der Waals surface area contributed by atoms with Gasteiger partial charge in [-0.05, 0) is 13.8 Å². The van der Waals surface area contributed by atoms with E-state index in [0.29, 0.717) is 29.8 Å². The van der Waals surface area contributed by atoms with Crippen LogP contribution in [0.2, 0.25) is 0 Å². The van der Waals surface area contributed by atoms with Gasteiger partial charge in [-0.25, -0.2) is 14.5 Å². The van der Waals surface area contributed by atoms with Crippen LogP contribution in [-0.2, 0) is 0 Å². The Morgan fingerprint density at radius 1 is 0.963 bits per heavy atom. The summed E-state index contributed by atoms with van der Waals surface area (Å²) >= 11 is 0. The van der Waals surface area contributed by atoms with Gasteiger partial charge in [0, 0.05) is 11.1 Å². The van der Waals surface area contributed by atoms with Crippen molar-refractivity contribution in [3.8, 4) is 5.88 Å². The summed E-state index contributed by atoms with van der Waals surface area (Å²) in [6, 6.07) is 20.1. The first kappa shape index (κ1) is 16.9. The van der Waals surface area contributed by atoms with Crippen molar-refractivity contribution in [2.75, 3.05) is 6.61 Å². The first-order valence-corrected chi connectivity index (χ1v) is 8.81. The van der Waals surface area contributed by atoms with E-state index >= 15 is 0 Å². The highest BCUT2D eigenvalue weighted by Crippen LogP contribution is 2.22. The lowest BCUT2D eigenvalue weighted by molar-refractivity contribution is 0.329. The molecule has 27 heavy (non-hydrogen) atoms. The van der Waals surface area contributed by atoms with Crippen molar-refractivity contribution in [2.45, 2.75) is 13.8 Å². The molecule has 4 aromatic rings. The Balaban J connectivity index is 1.90. The number of fused-ring (bicyclic) bond motifs is 1. The van der Waals surface area contributed by atoms with E-state index in [2.05, 4.69) is 15.1 Å². The number of hydrogen-bond donors (Lipinski definition) is 0. The summed E-state index contributed by atoms with van der Waals surface area (Å²) in [6.07, 6.45) is 1.77. The fourth-order valence-corrected chi connectivity index (χ4v) is 2.85. The zero-order chi connectivity index (χ0) is 18.6. The predicted octanol–water partition coefficient (Wildman–Crippen LogP) is 4.00. The molecule has 0 bridgehead atoms. The van der Waals surface area contributed by atoms with Crippen molar-refractivity contribution in [3.05, 3.63) is 83.8 Å². The molecule has 0 fully saturated rings. The average Bonchev–Trinajstić information content (AvgIpc) is 3.08. The van der Waals surface area contributed by atoms with Crippen molar-refractivity contribution >= 4 is 17.2 Å². The van der Waals surface area contributed by atoms with Crippen LogP contribution < -0.4 is 4.74 Å². The molecular formula is C21H19N5O. The number of ether oxygens (including phenoxy) is 1. The van der Waals surface area contributed by atoms with Crippen molar-refractivity contribution in [3.63, 3.8) is 0 Å². The van der Waals surface area contributed by atoms with Crippen LogP contribution in [0.25, 0.3) is 5.65 Å². The standard InChI is InChI=1S/C21H19N5O/c1-3-27-21-20-22-15(2)25-26(20)14-18(24-21)23-19(16-10-6-4-7-11-16)17-12-8-5-9-13-17/h4-14H,3H2,1-2H3. The molecule has 0 atom stereocenters. The van der Waals surface area contributed by atoms with Crippen LogP contribution >= 0.6 is 0 Å². The number of hydrogen-bond acceptors (Lipinski definition) is 5. The minimum absolute atomic E-state index is 0.430. The van der Waals surface area contributed by atoms with Crippen LogP contribution in [0.1, 0.15) is 23.9 Å². The van der Waals surface area contributed by atoms with Crippen LogP contribution in [0.5, 0.6) is 5.88 Å². The van der Waals surface area contributed by atoms with Gasteiger partial charge in [0.25, 0.3) is 5.88 Å². The second-order valence-electron chi connectivity index (χ2n) is 5.96. The maximum Gasteiger partial charge on any atom is 0.262 e. The van der Waals surface area contributed by atoms with Crippen LogP contribution in [0.15, 0.2) is 71.9 Å². The molecule has 0 spiro atoms. The molecule has 0 N–H and O–H groups in total. The Kier molecular flexibility index (Phi) is 4.61. The summed E-state index contributed by atoms with van der Waals surface area (Å²) in [5.74, 6) is 1.60. The fourth-order valence-electron chi connectivity index (χ4n) is 2.85. The molecule has 0 amide bonds. The SMILES string of the molecule is CCOc1nc(N=C(c2ccccc2)c2ccccc2)cn2nc(C)nc12. The van der Waals surface area contributed by atoms with Crippen molar-refractivity contribution in [1.82, 2.24) is 19.6 Å². The van der Waals surface area contributed by atoms with E-state index in [1.165, 1.54) is 0 Å². The minimum atomic E-state index is 0.430. The number of aryl methyl sites for hydroxylation is 1. The number of aliphatic imine (C=N–C) groups is 1. The number of aromatic nitrogens is 4. The van der Waals surface area contributed by atoms with Gasteiger partial charge in [0.1, 0.15) is 5.82 Å². The molecule has 2 heterocycles. The largest absolute Gasteiger partial charge is 0.475 e. The van der Waals surface area contributed by atoms with Gasteiger partial charge in [-0.15, -0.1) is 0 Å². The normalized spacial score (nSPS) is 10.7. The zero-order valence-electron chi connectivity index (χ0n) is 15.2. The Hall–Kier alpha value is -3.54. The Labute approximate surface area is 157 Å². The second kappa shape index (κ2) is 7.37. The summed E-state index contributed by atoms with van der Waals surface area (Å²) in [5.41, 5.74) is 3.45. The van der Waals surface area contributed by atoms with E-state index < -0.39 is 0 Å². The van der Waals surface area contributed by atoms with Crippen molar-refractivity contribution in [2.24, 2.45) is 4.99 Å². The fraction of sp³-hybridized carbons (Fsp3) is 0.143. The lowest BCUT2D eigenvalue weighted by Gasteiger charge is -2.09. The Morgan fingerprint density at radius 3 is 2.19 bits per heavy atom. The summed E-state index contributed by atoms with van der Waals surface area (Å²) in [7, 11) is 0. The molecule has 134 valence electrons. The van der Waals surface area contributed by atoms with Crippen molar-refractivity contribution < 1.29 is 4.74 Å². The molecule has 6 nitrogen and oxygen atoms in total. The van der Waals surface area contributed by atoms with Gasteiger partial charge >= 0.3 is 0 Å². The van der Waals surface area contributed by atoms with Gasteiger partial charge in [0.15, 0.2) is 5.82 Å². The van der Waals surface area contributed by atoms with E-state index in [1.807, 2.05) is 74.5 Å². The monoisotopic (exact) mass is 357 g/mol. The molecule has 0 aliphatic heterocycles. The van der Waals surface area contributed by atoms with E-state index in [1.54, 1.807) is 10.7 Å². The van der Waals surface area contributed by atoms with Crippen LogP contribution in [0.3, 0.4) is 0 Å². The average molecular weight is 357 g/mol. The maximum atomic E-state index is 5.66. The van der Waals surface area contributed by atoms with E-state index in [0.717, 1.165) is 16.8 Å². The minimum Gasteiger partial charge on any atom is -0.475 e. The maximum absolute atomic E-state index is 5.66. The first-order chi connectivity index (χ1) is 13.2. The van der Waals surface area contributed by atoms with E-state index in [4.69, 9.17) is 9.73 Å². The number of rotatable bonds is 5. The van der Waals surface area contributed by atoms with Gasteiger partial charge in [-0.1, -0.05) is 60.7 Å². The molecule has 0 aliphatic carbocycles. The Bertz CT molecular complexity index is 1050. The van der Waals surface area contributed by atoms with Gasteiger partial charge in [-0.3, -0.25) is 0 Å². The van der Waals surface area contributed by atoms with E-state index in [9.17, 15) is 0 Å². The summed E-state index contributed by atoms with van der Waals surface area (Å²) < 4.78 is 7.33. The van der Waals surface area contributed by atoms with Gasteiger partial charge < -0.3 is 4.74 Å². The highest BCUT2D eigenvalue weighted by Gasteiger charge is 2.13. The molecule has 6 heteroatoms. The summed E-state index contributed by atoms with van der Waals surface area (Å²) in [4.78, 5) is 13.8. The molecule has 0 saturated heterocycles. The molecule has 0 saturated carbocycles. The lowest BCUT2D eigenvalue weighted by atomic mass is 10.0. The number of nitrogens with zero attached hydrogens (tertiary/aromatic N) is 5. The van der Waals surface area contributed by atoms with Crippen molar-refractivity contribution in [1.29, 1.82) is 0 Å². The first-order valence-electron chi connectivity index (χ1n) is 8.81. The summed E-state index contributed by atoms with van der Waals surface area (Å²) in [6.45, 7) is 4.24. The topological polar surface area (TPSA) is 64.7 Å². The highest BCUT2D eigenvalue weighted by molar-refractivity contribution is 6.13. The summed E-state index contributed by atoms with van der Waals surface area (Å²) in [5, 5.41) is 4.39. The second-order valence-corrected chi connectivity index (χ2v) is 5.96. The smallest absolute Gasteiger partial charge is 0.262 e. The third-order valence-corrected chi connectivity index (χ3v) is 3.98. The number of benzene rings is 2. The van der Waals surface area contributed by atoms with Crippen LogP contribution in [-0.4, -0.2) is 31.9 Å². The van der Waals surface area contributed by atoms with Crippen LogP contribution in [0, 0.1) is 6.92 Å². The predicted molar refractivity (Wildman–Crippen MR) is 105 cm³/mol. The quantitative estimate of drug-likeness (QED) is 0.506. The van der Waals surface area contributed by atoms with E-state index in [-0.39, 0.29) is 0 Å². The lowest BCUT2D eigenvalue weighted by Crippen LogP contribution is -2.04. The molecule has 2 aromatic heterocycles. The van der Waals surface area contributed by atoms with Gasteiger partial charge in [-0.2, -0.15) is 10.1 Å². The zero-order valence-corrected chi connectivity index (χ0v) is 15.2. The molecule has 0 aliphatic rings. The third-order valence-electron chi connectivity index (χ3n) is 3.98. The Morgan fingerprint density at radius 2 is 1.59 bits per heavy atom. The molecular weight excluding hydrogens is 338 g/mol. The molecule has 4 rings (SSSR count). The van der Waals surface area contributed by atoms with Gasteiger partial charge in [0.05, 0.1) is 18.5 Å². The third kappa shape index (κ3) is 3.55. The van der Waals surface area contributed by atoms with Gasteiger partial charge in [0.2, 0.25) is 5.65 Å². The highest BCUT2D eigenvalue weighted by atomic mass is 16.5. The van der Waals surface area contributed by atoms with Crippen LogP contribution in [0.4, 0.5) is 5.82 Å².